The number of allylic oxidation sites excluding steroid dienone is 2. The van der Waals surface area contributed by atoms with E-state index in [4.69, 9.17) is 4.74 Å². The van der Waals surface area contributed by atoms with E-state index in [0.29, 0.717) is 23.4 Å². The molecule has 2 aliphatic rings. The van der Waals surface area contributed by atoms with Gasteiger partial charge in [0.1, 0.15) is 19.9 Å². The van der Waals surface area contributed by atoms with Crippen LogP contribution < -0.4 is 25.6 Å². The summed E-state index contributed by atoms with van der Waals surface area (Å²) in [6.45, 7) is 12.1. The molecule has 1 N–H and O–H groups in total. The van der Waals surface area contributed by atoms with Gasteiger partial charge in [-0.2, -0.15) is 0 Å². The Balaban J connectivity index is 0.000000186. The fourth-order valence-electron chi connectivity index (χ4n) is 8.53. The number of aromatic nitrogens is 2. The molecular formula is C55H52N6O6. The van der Waals surface area contributed by atoms with Gasteiger partial charge in [-0.15, -0.1) is 0 Å². The van der Waals surface area contributed by atoms with Gasteiger partial charge in [-0.05, 0) is 52.8 Å². The Labute approximate surface area is 389 Å². The second-order valence-electron chi connectivity index (χ2n) is 16.8. The first-order chi connectivity index (χ1) is 32.3. The number of amides is 2. The summed E-state index contributed by atoms with van der Waals surface area (Å²) in [5.41, 5.74) is 6.11. The topological polar surface area (TPSA) is 121 Å². The van der Waals surface area contributed by atoms with Crippen molar-refractivity contribution >= 4 is 23.0 Å². The Hall–Kier alpha value is -8.38. The predicted octanol–water partition coefficient (Wildman–Crippen LogP) is 8.59. The van der Waals surface area contributed by atoms with E-state index in [-0.39, 0.29) is 59.4 Å². The number of ether oxygens (including phenoxy) is 1. The summed E-state index contributed by atoms with van der Waals surface area (Å²) in [5.74, 6) is -1.21. The van der Waals surface area contributed by atoms with E-state index in [1.54, 1.807) is 54.6 Å². The standard InChI is InChI=1S/C31H29N3O3.C24H23N3O3/c1-22(2)26-19-33-28(30(29(26)35)37-20-23-13-7-4-8-14-23)31(36)32(3)21-34(33)27(24-15-9-5-10-16-24)25-17-11-6-12-18-25;1-16(2)19-14-26-21(23(29)22(19)28)24(30)25(3)15-27(26)20(17-10-6-4-7-11-17)18-12-8-5-9-13-18/h4-19,27H,1,20-21H2,2-3H3;4-14,20,29H,1,15H2,2-3H3. The number of benzene rings is 5. The van der Waals surface area contributed by atoms with Crippen molar-refractivity contribution in [1.82, 2.24) is 19.2 Å². The Morgan fingerprint density at radius 3 is 1.27 bits per heavy atom. The minimum atomic E-state index is -0.590. The maximum atomic E-state index is 13.6. The van der Waals surface area contributed by atoms with E-state index in [1.165, 1.54) is 4.90 Å². The Kier molecular flexibility index (Phi) is 13.1. The van der Waals surface area contributed by atoms with Crippen LogP contribution in [0.2, 0.25) is 0 Å². The summed E-state index contributed by atoms with van der Waals surface area (Å²) in [6.07, 6.45) is 3.32. The number of fused-ring (bicyclic) bond motifs is 2. The molecule has 0 fully saturated rings. The molecular weight excluding hydrogens is 841 g/mol. The molecule has 2 aromatic heterocycles. The largest absolute Gasteiger partial charge is 0.502 e. The lowest BCUT2D eigenvalue weighted by molar-refractivity contribution is 0.0717. The second kappa shape index (κ2) is 19.4. The fraction of sp³-hybridized carbons (Fsp3) is 0.164. The summed E-state index contributed by atoms with van der Waals surface area (Å²) < 4.78 is 9.52. The van der Waals surface area contributed by atoms with E-state index in [1.807, 2.05) is 132 Å². The lowest BCUT2D eigenvalue weighted by Crippen LogP contribution is -2.54. The quantitative estimate of drug-likeness (QED) is 0.137. The molecule has 7 aromatic rings. The first-order valence-electron chi connectivity index (χ1n) is 21.9. The van der Waals surface area contributed by atoms with Crippen LogP contribution in [0.25, 0.3) is 11.1 Å². The first kappa shape index (κ1) is 45.2. The number of rotatable bonds is 11. The third kappa shape index (κ3) is 9.01. The molecule has 338 valence electrons. The van der Waals surface area contributed by atoms with Crippen molar-refractivity contribution in [2.24, 2.45) is 0 Å². The molecule has 0 radical (unpaired) electrons. The second-order valence-corrected chi connectivity index (χ2v) is 16.8. The Morgan fingerprint density at radius 2 is 0.881 bits per heavy atom. The predicted molar refractivity (Wildman–Crippen MR) is 263 cm³/mol. The van der Waals surface area contributed by atoms with E-state index in [2.05, 4.69) is 42.4 Å². The number of nitrogens with zero attached hydrogens (tertiary/aromatic N) is 6. The number of hydrogen-bond donors (Lipinski definition) is 1. The molecule has 12 nitrogen and oxygen atoms in total. The number of hydrogen-bond acceptors (Lipinski definition) is 8. The van der Waals surface area contributed by atoms with Crippen molar-refractivity contribution in [3.63, 3.8) is 0 Å². The molecule has 5 aromatic carbocycles. The summed E-state index contributed by atoms with van der Waals surface area (Å²) in [5, 5.41) is 14.7. The molecule has 67 heavy (non-hydrogen) atoms. The van der Waals surface area contributed by atoms with Gasteiger partial charge in [-0.1, -0.05) is 165 Å². The van der Waals surface area contributed by atoms with Gasteiger partial charge in [0.2, 0.25) is 10.9 Å². The van der Waals surface area contributed by atoms with E-state index in [9.17, 15) is 24.3 Å². The zero-order valence-corrected chi connectivity index (χ0v) is 38.0. The van der Waals surface area contributed by atoms with Gasteiger partial charge in [0.25, 0.3) is 11.8 Å². The van der Waals surface area contributed by atoms with E-state index in [0.717, 1.165) is 27.8 Å². The fourth-order valence-corrected chi connectivity index (χ4v) is 8.53. The molecule has 9 rings (SSSR count). The molecule has 0 spiro atoms. The van der Waals surface area contributed by atoms with Crippen LogP contribution in [0.5, 0.6) is 11.5 Å². The molecule has 0 aliphatic carbocycles. The minimum absolute atomic E-state index is 0.0331. The summed E-state index contributed by atoms with van der Waals surface area (Å²) in [4.78, 5) is 55.8. The highest BCUT2D eigenvalue weighted by molar-refractivity contribution is 5.97. The zero-order valence-electron chi connectivity index (χ0n) is 38.0. The zero-order chi connectivity index (χ0) is 47.4. The van der Waals surface area contributed by atoms with Gasteiger partial charge in [0.15, 0.2) is 22.9 Å². The van der Waals surface area contributed by atoms with Gasteiger partial charge < -0.3 is 19.6 Å². The van der Waals surface area contributed by atoms with Crippen molar-refractivity contribution in [1.29, 1.82) is 0 Å². The van der Waals surface area contributed by atoms with Gasteiger partial charge in [0, 0.05) is 37.6 Å². The molecule has 2 amide bonds. The van der Waals surface area contributed by atoms with Crippen LogP contribution in [-0.4, -0.2) is 63.5 Å². The number of pyridine rings is 2. The van der Waals surface area contributed by atoms with Gasteiger partial charge in [-0.25, -0.2) is 0 Å². The SMILES string of the molecule is C=C(C)c1cn2c(c(O)c1=O)C(=O)N(C)CN2C(c1ccccc1)c1ccccc1.C=C(C)c1cn2c(c(OCc3ccccc3)c1=O)C(=O)N(C)CN2C(c1ccccc1)c1ccccc1. The van der Waals surface area contributed by atoms with E-state index < -0.39 is 17.1 Å². The van der Waals surface area contributed by atoms with Crippen molar-refractivity contribution in [3.05, 3.63) is 248 Å². The third-order valence-corrected chi connectivity index (χ3v) is 11.9. The normalized spacial score (nSPS) is 13.2. The number of aromatic hydroxyl groups is 1. The number of carbonyl (C=O) groups excluding carboxylic acids is 2. The molecule has 2 aliphatic heterocycles. The van der Waals surface area contributed by atoms with Crippen molar-refractivity contribution in [2.75, 3.05) is 37.5 Å². The average molecular weight is 893 g/mol. The summed E-state index contributed by atoms with van der Waals surface area (Å²) >= 11 is 0. The molecule has 0 unspecified atom stereocenters. The molecule has 4 heterocycles. The highest BCUT2D eigenvalue weighted by Gasteiger charge is 2.38. The minimum Gasteiger partial charge on any atom is -0.502 e. The van der Waals surface area contributed by atoms with Crippen molar-refractivity contribution < 1.29 is 19.4 Å². The first-order valence-corrected chi connectivity index (χ1v) is 21.9. The highest BCUT2D eigenvalue weighted by atomic mass is 16.5. The Morgan fingerprint density at radius 1 is 0.537 bits per heavy atom. The summed E-state index contributed by atoms with van der Waals surface area (Å²) in [7, 11) is 3.40. The van der Waals surface area contributed by atoms with Gasteiger partial charge >= 0.3 is 0 Å². The van der Waals surface area contributed by atoms with Crippen LogP contribution in [-0.2, 0) is 6.61 Å². The lowest BCUT2D eigenvalue weighted by Gasteiger charge is -2.43. The highest BCUT2D eigenvalue weighted by Crippen LogP contribution is 2.35. The van der Waals surface area contributed by atoms with Crippen LogP contribution in [0.1, 0.15) is 85.9 Å². The van der Waals surface area contributed by atoms with Crippen LogP contribution in [0.15, 0.2) is 187 Å². The monoisotopic (exact) mass is 892 g/mol. The van der Waals surface area contributed by atoms with Gasteiger partial charge in [0.05, 0.1) is 12.1 Å². The molecule has 12 heteroatoms. The molecule has 0 bridgehead atoms. The number of carbonyl (C=O) groups is 2. The van der Waals surface area contributed by atoms with E-state index >= 15 is 0 Å². The maximum Gasteiger partial charge on any atom is 0.277 e. The van der Waals surface area contributed by atoms with Gasteiger partial charge in [-0.3, -0.25) is 38.5 Å². The molecule has 0 saturated heterocycles. The smallest absolute Gasteiger partial charge is 0.277 e. The lowest BCUT2D eigenvalue weighted by atomic mass is 9.98. The van der Waals surface area contributed by atoms with Crippen molar-refractivity contribution in [2.45, 2.75) is 32.5 Å². The Bertz CT molecular complexity index is 2990. The molecule has 0 atom stereocenters. The molecule has 0 saturated carbocycles. The van der Waals surface area contributed by atoms with Crippen LogP contribution in [0, 0.1) is 0 Å². The van der Waals surface area contributed by atoms with Crippen LogP contribution in [0.4, 0.5) is 0 Å². The average Bonchev–Trinajstić information content (AvgIpc) is 3.34. The maximum absolute atomic E-state index is 13.6. The van der Waals surface area contributed by atoms with Crippen molar-refractivity contribution in [3.8, 4) is 11.5 Å². The van der Waals surface area contributed by atoms with Crippen LogP contribution in [0.3, 0.4) is 0 Å². The summed E-state index contributed by atoms with van der Waals surface area (Å²) in [6, 6.07) is 49.3. The third-order valence-electron chi connectivity index (χ3n) is 11.9. The van der Waals surface area contributed by atoms with Crippen LogP contribution >= 0.6 is 0 Å².